The summed E-state index contributed by atoms with van der Waals surface area (Å²) in [5.41, 5.74) is 3.28. The lowest BCUT2D eigenvalue weighted by atomic mass is 10.1. The zero-order valence-electron chi connectivity index (χ0n) is 21.7. The van der Waals surface area contributed by atoms with Crippen LogP contribution in [0.25, 0.3) is 0 Å². The van der Waals surface area contributed by atoms with Crippen molar-refractivity contribution in [3.05, 3.63) is 83.9 Å². The van der Waals surface area contributed by atoms with Gasteiger partial charge in [0.25, 0.3) is 10.0 Å². The largest absolute Gasteiger partial charge is 0.496 e. The normalized spacial score (nSPS) is 14.6. The maximum Gasteiger partial charge on any atom is 0.264 e. The summed E-state index contributed by atoms with van der Waals surface area (Å²) in [6.07, 6.45) is 3.71. The van der Waals surface area contributed by atoms with Crippen LogP contribution < -0.4 is 19.3 Å². The Balaban J connectivity index is 1.51. The van der Waals surface area contributed by atoms with E-state index in [1.165, 1.54) is 31.0 Å². The summed E-state index contributed by atoms with van der Waals surface area (Å²) in [6.45, 7) is 5.50. The van der Waals surface area contributed by atoms with Crippen LogP contribution in [0.5, 0.6) is 5.75 Å². The Morgan fingerprint density at radius 3 is 2.30 bits per heavy atom. The quantitative estimate of drug-likeness (QED) is 0.426. The van der Waals surface area contributed by atoms with E-state index in [1.807, 2.05) is 25.1 Å². The molecule has 1 amide bonds. The van der Waals surface area contributed by atoms with E-state index in [0.29, 0.717) is 17.0 Å². The molecule has 1 saturated heterocycles. The molecule has 1 heterocycles. The molecule has 37 heavy (non-hydrogen) atoms. The van der Waals surface area contributed by atoms with Crippen LogP contribution in [-0.2, 0) is 14.8 Å². The minimum atomic E-state index is -4.00. The first-order chi connectivity index (χ1) is 17.8. The summed E-state index contributed by atoms with van der Waals surface area (Å²) in [7, 11) is -2.46. The third kappa shape index (κ3) is 6.25. The summed E-state index contributed by atoms with van der Waals surface area (Å²) in [6, 6.07) is 21.3. The zero-order valence-corrected chi connectivity index (χ0v) is 22.5. The number of nitrogens with zero attached hydrogens (tertiary/aromatic N) is 2. The van der Waals surface area contributed by atoms with Gasteiger partial charge in [0, 0.05) is 18.8 Å². The van der Waals surface area contributed by atoms with Gasteiger partial charge in [-0.2, -0.15) is 0 Å². The van der Waals surface area contributed by atoms with Gasteiger partial charge < -0.3 is 15.0 Å². The van der Waals surface area contributed by atoms with Crippen LogP contribution >= 0.6 is 0 Å². The van der Waals surface area contributed by atoms with E-state index >= 15 is 0 Å². The number of hydrogen-bond donors (Lipinski definition) is 1. The molecule has 3 aromatic rings. The third-order valence-corrected chi connectivity index (χ3v) is 8.55. The zero-order chi connectivity index (χ0) is 26.4. The standard InChI is InChI=1S/C29H35N3O4S/c1-22-20-27(16-17-28(22)36-3)37(34,35)32(26-10-6-4-7-11-26)21-29(33)30-23(2)24-12-14-25(15-13-24)31-18-8-5-9-19-31/h4,6-7,10-17,20,23H,5,8-9,18-19,21H2,1-3H3,(H,30,33). The Morgan fingerprint density at radius 1 is 1.00 bits per heavy atom. The Labute approximate surface area is 220 Å². The SMILES string of the molecule is COc1ccc(S(=O)(=O)N(CC(=O)NC(C)c2ccc(N3CCCCC3)cc2)c2ccccc2)cc1C. The molecular weight excluding hydrogens is 486 g/mol. The molecule has 0 aliphatic carbocycles. The Bertz CT molecular complexity index is 1300. The Kier molecular flexibility index (Phi) is 8.38. The summed E-state index contributed by atoms with van der Waals surface area (Å²) in [5.74, 6) is 0.216. The number of rotatable bonds is 9. The number of methoxy groups -OCH3 is 1. The molecule has 196 valence electrons. The highest BCUT2D eigenvalue weighted by atomic mass is 32.2. The fourth-order valence-corrected chi connectivity index (χ4v) is 6.18. The number of aryl methyl sites for hydroxylation is 1. The van der Waals surface area contributed by atoms with Gasteiger partial charge in [0.15, 0.2) is 0 Å². The predicted molar refractivity (Wildman–Crippen MR) is 148 cm³/mol. The number of sulfonamides is 1. The van der Waals surface area contributed by atoms with Gasteiger partial charge in [0.2, 0.25) is 5.91 Å². The number of carbonyl (C=O) groups is 1. The van der Waals surface area contributed by atoms with Gasteiger partial charge >= 0.3 is 0 Å². The molecule has 0 saturated carbocycles. The molecule has 7 nitrogen and oxygen atoms in total. The van der Waals surface area contributed by atoms with Crippen molar-refractivity contribution in [3.8, 4) is 5.75 Å². The van der Waals surface area contributed by atoms with E-state index in [2.05, 4.69) is 22.3 Å². The molecule has 1 fully saturated rings. The second kappa shape index (κ2) is 11.7. The fourth-order valence-electron chi connectivity index (χ4n) is 4.67. The van der Waals surface area contributed by atoms with Crippen molar-refractivity contribution in [2.24, 2.45) is 0 Å². The Hall–Kier alpha value is -3.52. The molecule has 0 spiro atoms. The minimum absolute atomic E-state index is 0.101. The first-order valence-corrected chi connectivity index (χ1v) is 14.1. The monoisotopic (exact) mass is 521 g/mol. The molecule has 1 unspecified atom stereocenters. The van der Waals surface area contributed by atoms with E-state index < -0.39 is 10.0 Å². The van der Waals surface area contributed by atoms with E-state index in [9.17, 15) is 13.2 Å². The lowest BCUT2D eigenvalue weighted by Gasteiger charge is -2.29. The number of carbonyl (C=O) groups excluding carboxylic acids is 1. The van der Waals surface area contributed by atoms with Crippen LogP contribution in [0.4, 0.5) is 11.4 Å². The molecule has 3 aromatic carbocycles. The third-order valence-electron chi connectivity index (χ3n) is 6.78. The average Bonchev–Trinajstić information content (AvgIpc) is 2.92. The fraction of sp³-hybridized carbons (Fsp3) is 0.345. The van der Waals surface area contributed by atoms with Crippen molar-refractivity contribution >= 4 is 27.3 Å². The van der Waals surface area contributed by atoms with E-state index in [4.69, 9.17) is 4.74 Å². The number of ether oxygens (including phenoxy) is 1. The highest BCUT2D eigenvalue weighted by molar-refractivity contribution is 7.92. The molecule has 0 bridgehead atoms. The van der Waals surface area contributed by atoms with Crippen LogP contribution in [0.15, 0.2) is 77.7 Å². The van der Waals surface area contributed by atoms with Gasteiger partial charge in [-0.1, -0.05) is 30.3 Å². The van der Waals surface area contributed by atoms with Crippen LogP contribution in [0.3, 0.4) is 0 Å². The molecule has 0 radical (unpaired) electrons. The number of nitrogens with one attached hydrogen (secondary N) is 1. The predicted octanol–water partition coefficient (Wildman–Crippen LogP) is 5.07. The van der Waals surface area contributed by atoms with Crippen LogP contribution in [0.2, 0.25) is 0 Å². The average molecular weight is 522 g/mol. The van der Waals surface area contributed by atoms with Gasteiger partial charge in [-0.25, -0.2) is 8.42 Å². The van der Waals surface area contributed by atoms with Gasteiger partial charge in [-0.3, -0.25) is 9.10 Å². The number of para-hydroxylation sites is 1. The second-order valence-electron chi connectivity index (χ2n) is 9.41. The molecule has 8 heteroatoms. The summed E-state index contributed by atoms with van der Waals surface area (Å²) < 4.78 is 33.8. The first-order valence-electron chi connectivity index (χ1n) is 12.7. The highest BCUT2D eigenvalue weighted by Gasteiger charge is 2.28. The van der Waals surface area contributed by atoms with E-state index in [1.54, 1.807) is 50.4 Å². The molecule has 0 aromatic heterocycles. The lowest BCUT2D eigenvalue weighted by Crippen LogP contribution is -2.41. The number of piperidine rings is 1. The molecule has 1 atom stereocenters. The summed E-state index contributed by atoms with van der Waals surface area (Å²) in [4.78, 5) is 15.6. The maximum atomic E-state index is 13.7. The van der Waals surface area contributed by atoms with Crippen LogP contribution in [-0.4, -0.2) is 41.1 Å². The van der Waals surface area contributed by atoms with Crippen molar-refractivity contribution in [2.45, 2.75) is 44.0 Å². The maximum absolute atomic E-state index is 13.7. The van der Waals surface area contributed by atoms with Gasteiger partial charge in [0.1, 0.15) is 12.3 Å². The van der Waals surface area contributed by atoms with Gasteiger partial charge in [-0.15, -0.1) is 0 Å². The van der Waals surface area contributed by atoms with Crippen molar-refractivity contribution in [1.29, 1.82) is 0 Å². The van der Waals surface area contributed by atoms with Crippen molar-refractivity contribution in [3.63, 3.8) is 0 Å². The number of anilines is 2. The minimum Gasteiger partial charge on any atom is -0.496 e. The van der Waals surface area contributed by atoms with E-state index in [-0.39, 0.29) is 23.4 Å². The molecular formula is C29H35N3O4S. The van der Waals surface area contributed by atoms with Crippen molar-refractivity contribution in [2.75, 3.05) is 35.9 Å². The topological polar surface area (TPSA) is 79.0 Å². The molecule has 1 aliphatic heterocycles. The molecule has 1 aliphatic rings. The van der Waals surface area contributed by atoms with Gasteiger partial charge in [0.05, 0.1) is 23.7 Å². The smallest absolute Gasteiger partial charge is 0.264 e. The number of amides is 1. The van der Waals surface area contributed by atoms with E-state index in [0.717, 1.165) is 23.0 Å². The first kappa shape index (κ1) is 26.5. The van der Waals surface area contributed by atoms with Crippen LogP contribution in [0.1, 0.15) is 43.4 Å². The highest BCUT2D eigenvalue weighted by Crippen LogP contribution is 2.28. The van der Waals surface area contributed by atoms with Crippen molar-refractivity contribution in [1.82, 2.24) is 5.32 Å². The molecule has 4 rings (SSSR count). The second-order valence-corrected chi connectivity index (χ2v) is 11.3. The van der Waals surface area contributed by atoms with Crippen LogP contribution in [0, 0.1) is 6.92 Å². The summed E-state index contributed by atoms with van der Waals surface area (Å²) in [5, 5.41) is 2.97. The number of benzene rings is 3. The lowest BCUT2D eigenvalue weighted by molar-refractivity contribution is -0.120. The van der Waals surface area contributed by atoms with Gasteiger partial charge in [-0.05, 0) is 86.7 Å². The number of hydrogen-bond acceptors (Lipinski definition) is 5. The molecule has 1 N–H and O–H groups in total. The Morgan fingerprint density at radius 2 is 1.68 bits per heavy atom. The van der Waals surface area contributed by atoms with Crippen molar-refractivity contribution < 1.29 is 17.9 Å². The summed E-state index contributed by atoms with van der Waals surface area (Å²) >= 11 is 0.